The van der Waals surface area contributed by atoms with Gasteiger partial charge in [0.25, 0.3) is 0 Å². The molecule has 2 nitrogen and oxygen atoms in total. The van der Waals surface area contributed by atoms with Crippen LogP contribution in [0.4, 0.5) is 0 Å². The Hall–Kier alpha value is -0.0800. The van der Waals surface area contributed by atoms with Crippen LogP contribution < -0.4 is 0 Å². The summed E-state index contributed by atoms with van der Waals surface area (Å²) in [6.45, 7) is 3.37. The molecule has 0 amide bonds. The molecule has 2 atom stereocenters. The molecule has 70 valence electrons. The highest BCUT2D eigenvalue weighted by molar-refractivity contribution is 4.91. The molecule has 0 spiro atoms. The second-order valence-corrected chi connectivity index (χ2v) is 4.08. The first-order chi connectivity index (χ1) is 5.92. The fourth-order valence-corrected chi connectivity index (χ4v) is 2.58. The second kappa shape index (κ2) is 3.75. The van der Waals surface area contributed by atoms with Gasteiger partial charge >= 0.3 is 0 Å². The number of hydrogen-bond acceptors (Lipinski definition) is 2. The van der Waals surface area contributed by atoms with Gasteiger partial charge in [-0.25, -0.2) is 0 Å². The van der Waals surface area contributed by atoms with Crippen LogP contribution in [-0.2, 0) is 4.74 Å². The standard InChI is InChI=1S/C10H19NO/c1-12-8-7-11-6-2-3-9-4-5-10(9)11/h9-10H,2-8H2,1H3/t9-,10+/m0/s1. The molecule has 0 bridgehead atoms. The van der Waals surface area contributed by atoms with E-state index in [0.29, 0.717) is 0 Å². The van der Waals surface area contributed by atoms with Crippen LogP contribution in [0.25, 0.3) is 0 Å². The number of rotatable bonds is 3. The van der Waals surface area contributed by atoms with Gasteiger partial charge in [0.05, 0.1) is 6.61 Å². The van der Waals surface area contributed by atoms with E-state index in [4.69, 9.17) is 4.74 Å². The van der Waals surface area contributed by atoms with Gasteiger partial charge in [-0.2, -0.15) is 0 Å². The zero-order valence-electron chi connectivity index (χ0n) is 7.96. The molecule has 2 fully saturated rings. The quantitative estimate of drug-likeness (QED) is 0.635. The Bertz CT molecular complexity index is 149. The molecule has 0 aromatic carbocycles. The molecule has 1 aliphatic heterocycles. The first-order valence-electron chi connectivity index (χ1n) is 5.15. The van der Waals surface area contributed by atoms with E-state index < -0.39 is 0 Å². The SMILES string of the molecule is COCCN1CCC[C@H]2CC[C@H]21. The molecule has 2 heteroatoms. The van der Waals surface area contributed by atoms with Crippen molar-refractivity contribution in [3.63, 3.8) is 0 Å². The normalized spacial score (nSPS) is 35.8. The highest BCUT2D eigenvalue weighted by Gasteiger charge is 2.37. The Morgan fingerprint density at radius 3 is 2.92 bits per heavy atom. The molecule has 2 aliphatic rings. The molecule has 1 saturated heterocycles. The lowest BCUT2D eigenvalue weighted by Crippen LogP contribution is -2.51. The van der Waals surface area contributed by atoms with Crippen LogP contribution in [0.15, 0.2) is 0 Å². The van der Waals surface area contributed by atoms with Gasteiger partial charge in [-0.05, 0) is 38.1 Å². The smallest absolute Gasteiger partial charge is 0.0589 e. The minimum absolute atomic E-state index is 0.906. The second-order valence-electron chi connectivity index (χ2n) is 4.08. The summed E-state index contributed by atoms with van der Waals surface area (Å²) in [4.78, 5) is 2.63. The number of methoxy groups -OCH3 is 1. The van der Waals surface area contributed by atoms with E-state index in [9.17, 15) is 0 Å². The summed E-state index contributed by atoms with van der Waals surface area (Å²) >= 11 is 0. The zero-order chi connectivity index (χ0) is 8.39. The van der Waals surface area contributed by atoms with Crippen molar-refractivity contribution in [2.75, 3.05) is 26.8 Å². The summed E-state index contributed by atoms with van der Waals surface area (Å²) in [5.74, 6) is 1.04. The van der Waals surface area contributed by atoms with Crippen molar-refractivity contribution in [1.29, 1.82) is 0 Å². The number of ether oxygens (including phenoxy) is 1. The van der Waals surface area contributed by atoms with Crippen LogP contribution in [-0.4, -0.2) is 37.7 Å². The van der Waals surface area contributed by atoms with Gasteiger partial charge in [0.1, 0.15) is 0 Å². The first-order valence-corrected chi connectivity index (χ1v) is 5.15. The molecule has 1 saturated carbocycles. The maximum atomic E-state index is 5.11. The summed E-state index contributed by atoms with van der Waals surface area (Å²) in [5, 5.41) is 0. The van der Waals surface area contributed by atoms with Crippen LogP contribution >= 0.6 is 0 Å². The predicted octanol–water partition coefficient (Wildman–Crippen LogP) is 1.51. The summed E-state index contributed by atoms with van der Waals surface area (Å²) in [7, 11) is 1.79. The lowest BCUT2D eigenvalue weighted by molar-refractivity contribution is 0.00551. The molecule has 0 aromatic rings. The van der Waals surface area contributed by atoms with Gasteiger partial charge in [-0.3, -0.25) is 4.90 Å². The maximum Gasteiger partial charge on any atom is 0.0589 e. The third kappa shape index (κ3) is 1.50. The van der Waals surface area contributed by atoms with Crippen LogP contribution in [0.5, 0.6) is 0 Å². The molecule has 0 N–H and O–H groups in total. The van der Waals surface area contributed by atoms with Gasteiger partial charge in [0.2, 0.25) is 0 Å². The molecular formula is C10H19NO. The Kier molecular flexibility index (Phi) is 2.66. The highest BCUT2D eigenvalue weighted by Crippen LogP contribution is 2.38. The van der Waals surface area contributed by atoms with Crippen LogP contribution in [0.3, 0.4) is 0 Å². The van der Waals surface area contributed by atoms with E-state index in [2.05, 4.69) is 4.90 Å². The third-order valence-electron chi connectivity index (χ3n) is 3.45. The monoisotopic (exact) mass is 169 g/mol. The summed E-state index contributed by atoms with van der Waals surface area (Å²) in [5.41, 5.74) is 0. The van der Waals surface area contributed by atoms with Crippen LogP contribution in [0, 0.1) is 5.92 Å². The molecule has 2 rings (SSSR count). The van der Waals surface area contributed by atoms with E-state index in [1.807, 2.05) is 0 Å². The van der Waals surface area contributed by atoms with E-state index >= 15 is 0 Å². The minimum Gasteiger partial charge on any atom is -0.383 e. The van der Waals surface area contributed by atoms with Crippen molar-refractivity contribution in [1.82, 2.24) is 4.90 Å². The van der Waals surface area contributed by atoms with Crippen molar-refractivity contribution < 1.29 is 4.74 Å². The van der Waals surface area contributed by atoms with Gasteiger partial charge in [-0.1, -0.05) is 0 Å². The average Bonchev–Trinajstić information content (AvgIpc) is 2.04. The van der Waals surface area contributed by atoms with Crippen molar-refractivity contribution in [2.24, 2.45) is 5.92 Å². The number of piperidine rings is 1. The number of hydrogen-bond donors (Lipinski definition) is 0. The Morgan fingerprint density at radius 2 is 2.25 bits per heavy atom. The van der Waals surface area contributed by atoms with Crippen LogP contribution in [0.1, 0.15) is 25.7 Å². The van der Waals surface area contributed by atoms with E-state index in [-0.39, 0.29) is 0 Å². The predicted molar refractivity (Wildman–Crippen MR) is 49.2 cm³/mol. The molecule has 1 heterocycles. The fraction of sp³-hybridized carbons (Fsp3) is 1.00. The van der Waals surface area contributed by atoms with Gasteiger partial charge < -0.3 is 4.74 Å². The van der Waals surface area contributed by atoms with Gasteiger partial charge in [0.15, 0.2) is 0 Å². The van der Waals surface area contributed by atoms with E-state index in [1.54, 1.807) is 7.11 Å². The van der Waals surface area contributed by atoms with Gasteiger partial charge in [-0.15, -0.1) is 0 Å². The Morgan fingerprint density at radius 1 is 1.33 bits per heavy atom. The van der Waals surface area contributed by atoms with Crippen molar-refractivity contribution in [2.45, 2.75) is 31.7 Å². The van der Waals surface area contributed by atoms with E-state index in [1.165, 1.54) is 32.2 Å². The lowest BCUT2D eigenvalue weighted by Gasteiger charge is -2.48. The molecule has 0 radical (unpaired) electrons. The maximum absolute atomic E-state index is 5.11. The first kappa shape index (κ1) is 8.52. The molecule has 12 heavy (non-hydrogen) atoms. The van der Waals surface area contributed by atoms with Crippen molar-refractivity contribution in [3.8, 4) is 0 Å². The number of likely N-dealkylation sites (tertiary alicyclic amines) is 1. The topological polar surface area (TPSA) is 12.5 Å². The van der Waals surface area contributed by atoms with Gasteiger partial charge in [0, 0.05) is 19.7 Å². The number of nitrogens with zero attached hydrogens (tertiary/aromatic N) is 1. The van der Waals surface area contributed by atoms with Crippen molar-refractivity contribution in [3.05, 3.63) is 0 Å². The van der Waals surface area contributed by atoms with E-state index in [0.717, 1.165) is 25.1 Å². The molecular weight excluding hydrogens is 150 g/mol. The minimum atomic E-state index is 0.906. The molecule has 0 unspecified atom stereocenters. The third-order valence-corrected chi connectivity index (χ3v) is 3.45. The molecule has 0 aromatic heterocycles. The fourth-order valence-electron chi connectivity index (χ4n) is 2.58. The Labute approximate surface area is 74.9 Å². The lowest BCUT2D eigenvalue weighted by atomic mass is 9.73. The highest BCUT2D eigenvalue weighted by atomic mass is 16.5. The summed E-state index contributed by atoms with van der Waals surface area (Å²) in [6.07, 6.45) is 5.81. The Balaban J connectivity index is 1.79. The summed E-state index contributed by atoms with van der Waals surface area (Å²) in [6, 6.07) is 0.925. The summed E-state index contributed by atoms with van der Waals surface area (Å²) < 4.78 is 5.11. The average molecular weight is 169 g/mol. The molecule has 1 aliphatic carbocycles. The zero-order valence-corrected chi connectivity index (χ0v) is 7.96. The largest absolute Gasteiger partial charge is 0.383 e. The number of fused-ring (bicyclic) bond motifs is 1. The van der Waals surface area contributed by atoms with Crippen LogP contribution in [0.2, 0.25) is 0 Å². The van der Waals surface area contributed by atoms with Crippen molar-refractivity contribution >= 4 is 0 Å².